The number of allylic oxidation sites excluding steroid dienone is 1. The molecule has 1 heterocycles. The lowest BCUT2D eigenvalue weighted by molar-refractivity contribution is 1.10. The lowest BCUT2D eigenvalue weighted by Crippen LogP contribution is -2.01. The normalized spacial score (nSPS) is 11.3. The lowest BCUT2D eigenvalue weighted by Gasteiger charge is -1.97. The molecule has 0 atom stereocenters. The van der Waals surface area contributed by atoms with E-state index in [2.05, 4.69) is 26.2 Å². The van der Waals surface area contributed by atoms with Crippen molar-refractivity contribution in [3.05, 3.63) is 27.3 Å². The predicted octanol–water partition coefficient (Wildman–Crippen LogP) is 1.97. The van der Waals surface area contributed by atoms with Crippen molar-refractivity contribution in [1.29, 1.82) is 5.41 Å². The first-order valence-electron chi connectivity index (χ1n) is 3.26. The van der Waals surface area contributed by atoms with Gasteiger partial charge in [-0.05, 0) is 15.9 Å². The fraction of sp³-hybridized carbons (Fsp3) is 0.143. The summed E-state index contributed by atoms with van der Waals surface area (Å²) in [5.74, 6) is 0. The number of nitrogens with zero attached hydrogens (tertiary/aromatic N) is 1. The second kappa shape index (κ2) is 4.37. The van der Waals surface area contributed by atoms with E-state index in [4.69, 9.17) is 5.41 Å². The van der Waals surface area contributed by atoms with Gasteiger partial charge in [-0.2, -0.15) is 0 Å². The summed E-state index contributed by atoms with van der Waals surface area (Å²) in [6.07, 6.45) is 3.40. The Morgan fingerprint density at radius 2 is 2.58 bits per heavy atom. The van der Waals surface area contributed by atoms with Crippen LogP contribution >= 0.6 is 27.3 Å². The molecule has 0 aromatic carbocycles. The summed E-state index contributed by atoms with van der Waals surface area (Å²) in [5.41, 5.74) is 2.16. The minimum absolute atomic E-state index is 0.451. The summed E-state index contributed by atoms with van der Waals surface area (Å²) < 4.78 is 0.731. The van der Waals surface area contributed by atoms with Gasteiger partial charge in [-0.3, -0.25) is 10.4 Å². The smallest absolute Gasteiger partial charge is 0.0884 e. The topological polar surface area (TPSA) is 48.8 Å². The molecule has 1 aromatic rings. The molecule has 0 aliphatic carbocycles. The summed E-state index contributed by atoms with van der Waals surface area (Å²) in [6, 6.07) is 0. The van der Waals surface area contributed by atoms with E-state index in [1.807, 2.05) is 0 Å². The first-order valence-corrected chi connectivity index (χ1v) is 4.93. The molecule has 0 saturated heterocycles. The molecule has 0 radical (unpaired) electrons. The van der Waals surface area contributed by atoms with Crippen LogP contribution in [0.4, 0.5) is 0 Å². The maximum absolute atomic E-state index is 7.67. The van der Waals surface area contributed by atoms with Crippen LogP contribution in [0.15, 0.2) is 22.4 Å². The van der Waals surface area contributed by atoms with E-state index >= 15 is 0 Å². The Kier molecular flexibility index (Phi) is 3.43. The van der Waals surface area contributed by atoms with Crippen molar-refractivity contribution in [2.24, 2.45) is 0 Å². The van der Waals surface area contributed by atoms with Crippen molar-refractivity contribution in [1.82, 2.24) is 10.3 Å². The van der Waals surface area contributed by atoms with Crippen molar-refractivity contribution < 1.29 is 0 Å². The van der Waals surface area contributed by atoms with Crippen LogP contribution in [-0.4, -0.2) is 17.7 Å². The Morgan fingerprint density at radius 3 is 3.08 bits per heavy atom. The van der Waals surface area contributed by atoms with Crippen molar-refractivity contribution in [3.8, 4) is 0 Å². The van der Waals surface area contributed by atoms with E-state index in [0.29, 0.717) is 5.71 Å². The molecule has 0 aliphatic rings. The molecule has 0 unspecified atom stereocenters. The minimum atomic E-state index is 0.451. The van der Waals surface area contributed by atoms with E-state index in [9.17, 15) is 0 Å². The number of thiazole rings is 1. The van der Waals surface area contributed by atoms with Crippen molar-refractivity contribution in [2.45, 2.75) is 0 Å². The van der Waals surface area contributed by atoms with Crippen molar-refractivity contribution >= 4 is 33.0 Å². The van der Waals surface area contributed by atoms with Gasteiger partial charge in [-0.1, -0.05) is 0 Å². The first-order chi connectivity index (χ1) is 5.75. The zero-order valence-electron chi connectivity index (χ0n) is 6.47. The Bertz CT molecular complexity index is 292. The van der Waals surface area contributed by atoms with Crippen molar-refractivity contribution in [3.63, 3.8) is 0 Å². The third kappa shape index (κ3) is 2.15. The maximum atomic E-state index is 7.67. The summed E-state index contributed by atoms with van der Waals surface area (Å²) in [5, 5.41) is 10.5. The van der Waals surface area contributed by atoms with Gasteiger partial charge >= 0.3 is 0 Å². The van der Waals surface area contributed by atoms with Crippen LogP contribution in [0.25, 0.3) is 0 Å². The third-order valence-electron chi connectivity index (χ3n) is 1.19. The highest BCUT2D eigenvalue weighted by Crippen LogP contribution is 2.15. The third-order valence-corrected chi connectivity index (χ3v) is 2.60. The molecule has 64 valence electrons. The molecular formula is C7H8BrN3S. The quantitative estimate of drug-likeness (QED) is 0.801. The molecule has 0 fully saturated rings. The van der Waals surface area contributed by atoms with E-state index in [1.165, 1.54) is 11.3 Å². The van der Waals surface area contributed by atoms with Crippen LogP contribution in [0.2, 0.25) is 0 Å². The molecule has 12 heavy (non-hydrogen) atoms. The van der Waals surface area contributed by atoms with Gasteiger partial charge in [0.15, 0.2) is 0 Å². The molecule has 3 nitrogen and oxygen atoms in total. The Labute approximate surface area is 83.2 Å². The van der Waals surface area contributed by atoms with E-state index < -0.39 is 0 Å². The summed E-state index contributed by atoms with van der Waals surface area (Å²) in [6.45, 7) is 0. The van der Waals surface area contributed by atoms with Crippen LogP contribution in [0.3, 0.4) is 0 Å². The Balaban J connectivity index is 2.79. The number of halogens is 1. The van der Waals surface area contributed by atoms with Gasteiger partial charge in [0.05, 0.1) is 20.6 Å². The predicted molar refractivity (Wildman–Crippen MR) is 55.0 cm³/mol. The molecule has 0 spiro atoms. The van der Waals surface area contributed by atoms with Gasteiger partial charge in [0.2, 0.25) is 0 Å². The molecule has 1 rings (SSSR count). The van der Waals surface area contributed by atoms with Crippen LogP contribution in [0, 0.1) is 5.41 Å². The van der Waals surface area contributed by atoms with E-state index in [1.54, 1.807) is 25.0 Å². The number of hydrogen-bond acceptors (Lipinski definition) is 4. The fourth-order valence-corrected chi connectivity index (χ4v) is 1.81. The summed E-state index contributed by atoms with van der Waals surface area (Å²) >= 11 is 4.73. The standard InChI is InChI=1S/C7H8BrN3S/c1-10-2-5(8)7(9)6-3-11-4-12-6/h2-4,9-10H,1H3/b5-2+,9-7?. The highest BCUT2D eigenvalue weighted by atomic mass is 79.9. The summed E-state index contributed by atoms with van der Waals surface area (Å²) in [4.78, 5) is 4.75. The second-order valence-corrected chi connectivity index (χ2v) is 3.76. The number of hydrogen-bond donors (Lipinski definition) is 2. The Morgan fingerprint density at radius 1 is 1.83 bits per heavy atom. The van der Waals surface area contributed by atoms with Crippen LogP contribution in [-0.2, 0) is 0 Å². The Hall–Kier alpha value is -0.680. The highest BCUT2D eigenvalue weighted by Gasteiger charge is 2.05. The first kappa shape index (κ1) is 9.41. The van der Waals surface area contributed by atoms with Gasteiger partial charge in [0.25, 0.3) is 0 Å². The fourth-order valence-electron chi connectivity index (χ4n) is 0.656. The molecule has 5 heteroatoms. The molecule has 1 aromatic heterocycles. The van der Waals surface area contributed by atoms with Crippen LogP contribution in [0.5, 0.6) is 0 Å². The average molecular weight is 246 g/mol. The molecule has 0 saturated carbocycles. The van der Waals surface area contributed by atoms with Crippen LogP contribution < -0.4 is 5.32 Å². The summed E-state index contributed by atoms with van der Waals surface area (Å²) in [7, 11) is 1.79. The minimum Gasteiger partial charge on any atom is -0.393 e. The largest absolute Gasteiger partial charge is 0.393 e. The zero-order valence-corrected chi connectivity index (χ0v) is 8.87. The van der Waals surface area contributed by atoms with Gasteiger partial charge in [-0.15, -0.1) is 11.3 Å². The second-order valence-electron chi connectivity index (χ2n) is 2.02. The molecule has 0 bridgehead atoms. The molecular weight excluding hydrogens is 238 g/mol. The molecule has 0 aliphatic heterocycles. The van der Waals surface area contributed by atoms with Gasteiger partial charge < -0.3 is 5.32 Å². The number of aromatic nitrogens is 1. The van der Waals surface area contributed by atoms with Gasteiger partial charge in [0, 0.05) is 19.4 Å². The zero-order chi connectivity index (χ0) is 8.97. The molecule has 2 N–H and O–H groups in total. The monoisotopic (exact) mass is 245 g/mol. The van der Waals surface area contributed by atoms with E-state index in [0.717, 1.165) is 9.36 Å². The van der Waals surface area contributed by atoms with E-state index in [-0.39, 0.29) is 0 Å². The van der Waals surface area contributed by atoms with Gasteiger partial charge in [-0.25, -0.2) is 0 Å². The van der Waals surface area contributed by atoms with Crippen LogP contribution in [0.1, 0.15) is 4.88 Å². The van der Waals surface area contributed by atoms with Crippen molar-refractivity contribution in [2.75, 3.05) is 7.05 Å². The van der Waals surface area contributed by atoms with Gasteiger partial charge in [0.1, 0.15) is 0 Å². The number of rotatable bonds is 3. The average Bonchev–Trinajstić information content (AvgIpc) is 2.55. The lowest BCUT2D eigenvalue weighted by atomic mass is 10.3. The number of nitrogens with one attached hydrogen (secondary N) is 2. The highest BCUT2D eigenvalue weighted by molar-refractivity contribution is 9.12. The molecule has 0 amide bonds. The SMILES string of the molecule is CN/C=C(/Br)C(=N)c1cncs1. The maximum Gasteiger partial charge on any atom is 0.0884 e.